The molecule has 1 saturated heterocycles. The molecule has 1 aliphatic heterocycles. The van der Waals surface area contributed by atoms with Crippen molar-refractivity contribution in [1.82, 2.24) is 10.2 Å². The summed E-state index contributed by atoms with van der Waals surface area (Å²) in [6.07, 6.45) is 2.29. The largest absolute Gasteiger partial charge is 0.381 e. The second-order valence-electron chi connectivity index (χ2n) is 6.01. The van der Waals surface area contributed by atoms with E-state index in [1.807, 2.05) is 18.2 Å². The minimum Gasteiger partial charge on any atom is -0.381 e. The molecule has 1 aromatic carbocycles. The fourth-order valence-electron chi connectivity index (χ4n) is 2.58. The number of ether oxygens (including phenoxy) is 2. The van der Waals surface area contributed by atoms with Crippen LogP contribution in [0.5, 0.6) is 0 Å². The predicted molar refractivity (Wildman–Crippen MR) is 90.4 cm³/mol. The molecule has 1 amide bonds. The molecule has 1 unspecified atom stereocenters. The first-order chi connectivity index (χ1) is 11.2. The van der Waals surface area contributed by atoms with Crippen LogP contribution in [0.2, 0.25) is 0 Å². The van der Waals surface area contributed by atoms with Gasteiger partial charge in [0.2, 0.25) is 5.91 Å². The van der Waals surface area contributed by atoms with Crippen LogP contribution in [0.3, 0.4) is 0 Å². The number of rotatable bonds is 9. The summed E-state index contributed by atoms with van der Waals surface area (Å²) in [6.45, 7) is 4.51. The third-order valence-corrected chi connectivity index (χ3v) is 3.94. The Labute approximate surface area is 139 Å². The monoisotopic (exact) mass is 320 g/mol. The Balaban J connectivity index is 1.45. The van der Waals surface area contributed by atoms with Crippen LogP contribution >= 0.6 is 0 Å². The second kappa shape index (κ2) is 10.4. The number of amides is 1. The minimum absolute atomic E-state index is 0.0773. The van der Waals surface area contributed by atoms with Gasteiger partial charge < -0.3 is 19.7 Å². The molecule has 5 heteroatoms. The zero-order valence-corrected chi connectivity index (χ0v) is 14.0. The topological polar surface area (TPSA) is 50.8 Å². The summed E-state index contributed by atoms with van der Waals surface area (Å²) in [5.41, 5.74) is 1.28. The standard InChI is InChI=1S/C18H28N2O3/c1-20-10-13-23-17(15-20)14-19-18(21)8-5-11-22-12-9-16-6-3-2-4-7-16/h2-4,6-7,17H,5,8-15H2,1H3,(H,19,21). The molecule has 2 rings (SSSR count). The van der Waals surface area contributed by atoms with Crippen LogP contribution in [0, 0.1) is 0 Å². The van der Waals surface area contributed by atoms with Crippen molar-refractivity contribution in [2.45, 2.75) is 25.4 Å². The van der Waals surface area contributed by atoms with Gasteiger partial charge in [0.1, 0.15) is 0 Å². The lowest BCUT2D eigenvalue weighted by Crippen LogP contribution is -2.45. The highest BCUT2D eigenvalue weighted by Gasteiger charge is 2.17. The van der Waals surface area contributed by atoms with E-state index in [9.17, 15) is 4.79 Å². The van der Waals surface area contributed by atoms with Crippen molar-refractivity contribution in [2.24, 2.45) is 0 Å². The molecule has 0 aromatic heterocycles. The smallest absolute Gasteiger partial charge is 0.220 e. The van der Waals surface area contributed by atoms with Crippen LogP contribution < -0.4 is 5.32 Å². The highest BCUT2D eigenvalue weighted by Crippen LogP contribution is 2.02. The van der Waals surface area contributed by atoms with E-state index in [4.69, 9.17) is 9.47 Å². The Bertz CT molecular complexity index is 453. The molecule has 128 valence electrons. The van der Waals surface area contributed by atoms with Crippen LogP contribution in [0.15, 0.2) is 30.3 Å². The Hall–Kier alpha value is -1.43. The first kappa shape index (κ1) is 17.9. The van der Waals surface area contributed by atoms with E-state index in [2.05, 4.69) is 29.4 Å². The number of likely N-dealkylation sites (N-methyl/N-ethyl adjacent to an activating group) is 1. The van der Waals surface area contributed by atoms with Crippen molar-refractivity contribution in [3.05, 3.63) is 35.9 Å². The van der Waals surface area contributed by atoms with Gasteiger partial charge in [-0.2, -0.15) is 0 Å². The average molecular weight is 320 g/mol. The van der Waals surface area contributed by atoms with E-state index < -0.39 is 0 Å². The molecule has 1 aliphatic rings. The van der Waals surface area contributed by atoms with Crippen LogP contribution in [-0.2, 0) is 20.7 Å². The van der Waals surface area contributed by atoms with Gasteiger partial charge in [-0.3, -0.25) is 4.79 Å². The highest BCUT2D eigenvalue weighted by molar-refractivity contribution is 5.75. The van der Waals surface area contributed by atoms with Crippen molar-refractivity contribution in [1.29, 1.82) is 0 Å². The summed E-state index contributed by atoms with van der Waals surface area (Å²) in [5.74, 6) is 0.0773. The van der Waals surface area contributed by atoms with Gasteiger partial charge in [0, 0.05) is 32.7 Å². The van der Waals surface area contributed by atoms with Crippen molar-refractivity contribution in [3.63, 3.8) is 0 Å². The van der Waals surface area contributed by atoms with Gasteiger partial charge in [-0.1, -0.05) is 30.3 Å². The molecule has 0 bridgehead atoms. The summed E-state index contributed by atoms with van der Waals surface area (Å²) < 4.78 is 11.2. The number of hydrogen-bond donors (Lipinski definition) is 1. The zero-order chi connectivity index (χ0) is 16.3. The quantitative estimate of drug-likeness (QED) is 0.700. The van der Waals surface area contributed by atoms with Crippen molar-refractivity contribution >= 4 is 5.91 Å². The average Bonchev–Trinajstić information content (AvgIpc) is 2.57. The normalized spacial score (nSPS) is 18.7. The summed E-state index contributed by atoms with van der Waals surface area (Å²) in [6, 6.07) is 10.3. The molecule has 0 radical (unpaired) electrons. The predicted octanol–water partition coefficient (Wildman–Crippen LogP) is 1.47. The summed E-state index contributed by atoms with van der Waals surface area (Å²) in [4.78, 5) is 14.0. The fraction of sp³-hybridized carbons (Fsp3) is 0.611. The van der Waals surface area contributed by atoms with Gasteiger partial charge in [-0.25, -0.2) is 0 Å². The van der Waals surface area contributed by atoms with E-state index >= 15 is 0 Å². The molecule has 23 heavy (non-hydrogen) atoms. The number of nitrogens with one attached hydrogen (secondary N) is 1. The summed E-state index contributed by atoms with van der Waals surface area (Å²) >= 11 is 0. The lowest BCUT2D eigenvalue weighted by molar-refractivity contribution is -0.122. The third-order valence-electron chi connectivity index (χ3n) is 3.94. The molecule has 1 aromatic rings. The maximum atomic E-state index is 11.8. The first-order valence-electron chi connectivity index (χ1n) is 8.42. The Morgan fingerprint density at radius 1 is 1.35 bits per heavy atom. The van der Waals surface area contributed by atoms with E-state index in [1.165, 1.54) is 5.56 Å². The molecule has 5 nitrogen and oxygen atoms in total. The van der Waals surface area contributed by atoms with E-state index in [1.54, 1.807) is 0 Å². The summed E-state index contributed by atoms with van der Waals surface area (Å²) in [5, 5.41) is 2.94. The maximum absolute atomic E-state index is 11.8. The van der Waals surface area contributed by atoms with Crippen LogP contribution in [0.4, 0.5) is 0 Å². The number of carbonyl (C=O) groups excluding carboxylic acids is 1. The van der Waals surface area contributed by atoms with Gasteiger partial charge in [0.15, 0.2) is 0 Å². The van der Waals surface area contributed by atoms with Gasteiger partial charge in [-0.05, 0) is 25.5 Å². The fourth-order valence-corrected chi connectivity index (χ4v) is 2.58. The third kappa shape index (κ3) is 7.59. The Morgan fingerprint density at radius 2 is 2.17 bits per heavy atom. The molecule has 1 fully saturated rings. The number of morpholine rings is 1. The van der Waals surface area contributed by atoms with E-state index in [0.29, 0.717) is 26.2 Å². The van der Waals surface area contributed by atoms with Gasteiger partial charge in [0.25, 0.3) is 0 Å². The summed E-state index contributed by atoms with van der Waals surface area (Å²) in [7, 11) is 2.07. The molecular weight excluding hydrogens is 292 g/mol. The van der Waals surface area contributed by atoms with E-state index in [-0.39, 0.29) is 12.0 Å². The molecule has 1 N–H and O–H groups in total. The van der Waals surface area contributed by atoms with E-state index in [0.717, 1.165) is 32.5 Å². The lowest BCUT2D eigenvalue weighted by atomic mass is 10.2. The maximum Gasteiger partial charge on any atom is 0.220 e. The minimum atomic E-state index is 0.0773. The lowest BCUT2D eigenvalue weighted by Gasteiger charge is -2.30. The SMILES string of the molecule is CN1CCOC(CNC(=O)CCCOCCc2ccccc2)C1. The Morgan fingerprint density at radius 3 is 2.96 bits per heavy atom. The highest BCUT2D eigenvalue weighted by atomic mass is 16.5. The number of benzene rings is 1. The molecule has 0 spiro atoms. The van der Waals surface area contributed by atoms with Crippen LogP contribution in [0.25, 0.3) is 0 Å². The number of nitrogens with zero attached hydrogens (tertiary/aromatic N) is 1. The van der Waals surface area contributed by atoms with Crippen LogP contribution in [0.1, 0.15) is 18.4 Å². The zero-order valence-electron chi connectivity index (χ0n) is 14.0. The molecule has 0 saturated carbocycles. The molecule has 0 aliphatic carbocycles. The van der Waals surface area contributed by atoms with Crippen LogP contribution in [-0.4, -0.2) is 63.4 Å². The van der Waals surface area contributed by atoms with Crippen molar-refractivity contribution in [2.75, 3.05) is 46.5 Å². The van der Waals surface area contributed by atoms with Gasteiger partial charge >= 0.3 is 0 Å². The van der Waals surface area contributed by atoms with Gasteiger partial charge in [0.05, 0.1) is 19.3 Å². The van der Waals surface area contributed by atoms with Crippen molar-refractivity contribution < 1.29 is 14.3 Å². The second-order valence-corrected chi connectivity index (χ2v) is 6.01. The molecular formula is C18H28N2O3. The molecule has 1 heterocycles. The first-order valence-corrected chi connectivity index (χ1v) is 8.42. The number of carbonyl (C=O) groups is 1. The number of hydrogen-bond acceptors (Lipinski definition) is 4. The molecule has 1 atom stereocenters. The van der Waals surface area contributed by atoms with Crippen molar-refractivity contribution in [3.8, 4) is 0 Å². The Kier molecular flexibility index (Phi) is 8.07. The van der Waals surface area contributed by atoms with Gasteiger partial charge in [-0.15, -0.1) is 0 Å².